The van der Waals surface area contributed by atoms with E-state index < -0.39 is 27.0 Å². The standard InChI is InChI=1S/C12H7NO6S/c13-10-5-2-1-3-6-9(5)7(12(15)19-11(6)14)4-8(10)20(16,17)18/h1-4H,13H2,(H,16,17,18). The van der Waals surface area contributed by atoms with Crippen LogP contribution in [0.4, 0.5) is 5.69 Å². The molecule has 7 nitrogen and oxygen atoms in total. The molecule has 0 unspecified atom stereocenters. The maximum Gasteiger partial charge on any atom is 0.346 e. The number of hydrogen-bond donors (Lipinski definition) is 2. The monoisotopic (exact) mass is 293 g/mol. The first-order valence-electron chi connectivity index (χ1n) is 5.40. The summed E-state index contributed by atoms with van der Waals surface area (Å²) in [5, 5.41) is 0.413. The molecule has 0 bridgehead atoms. The number of ether oxygens (including phenoxy) is 1. The second-order valence-corrected chi connectivity index (χ2v) is 5.61. The quantitative estimate of drug-likeness (QED) is 0.347. The molecule has 2 aromatic rings. The molecule has 1 aliphatic heterocycles. The number of nitrogens with two attached hydrogens (primary N) is 1. The Bertz CT molecular complexity index is 900. The van der Waals surface area contributed by atoms with E-state index in [1.807, 2.05) is 0 Å². The minimum Gasteiger partial charge on any atom is -0.397 e. The lowest BCUT2D eigenvalue weighted by Crippen LogP contribution is -2.21. The van der Waals surface area contributed by atoms with Crippen LogP contribution in [0, 0.1) is 0 Å². The van der Waals surface area contributed by atoms with Crippen molar-refractivity contribution in [3.63, 3.8) is 0 Å². The molecule has 1 heterocycles. The highest BCUT2D eigenvalue weighted by molar-refractivity contribution is 7.86. The minimum absolute atomic E-state index is 0.116. The summed E-state index contributed by atoms with van der Waals surface area (Å²) in [6.07, 6.45) is 0. The molecule has 0 fully saturated rings. The zero-order chi connectivity index (χ0) is 14.7. The molecule has 0 radical (unpaired) electrons. The van der Waals surface area contributed by atoms with Gasteiger partial charge in [-0.25, -0.2) is 9.59 Å². The fourth-order valence-corrected chi connectivity index (χ4v) is 2.87. The Hall–Kier alpha value is -2.45. The molecule has 8 heteroatoms. The lowest BCUT2D eigenvalue weighted by Gasteiger charge is -2.17. The molecule has 1 aliphatic rings. The lowest BCUT2D eigenvalue weighted by atomic mass is 9.96. The van der Waals surface area contributed by atoms with E-state index in [2.05, 4.69) is 4.74 Å². The van der Waals surface area contributed by atoms with Gasteiger partial charge in [0.25, 0.3) is 10.1 Å². The number of cyclic esters (lactones) is 2. The minimum atomic E-state index is -4.60. The van der Waals surface area contributed by atoms with Crippen LogP contribution < -0.4 is 5.73 Å². The van der Waals surface area contributed by atoms with Crippen LogP contribution in [0.25, 0.3) is 10.8 Å². The summed E-state index contributed by atoms with van der Waals surface area (Å²) in [5.74, 6) is -1.81. The summed E-state index contributed by atoms with van der Waals surface area (Å²) in [6.45, 7) is 0. The summed E-state index contributed by atoms with van der Waals surface area (Å²) in [6, 6.07) is 5.28. The summed E-state index contributed by atoms with van der Waals surface area (Å²) in [5.41, 5.74) is 5.47. The Morgan fingerprint density at radius 1 is 1.10 bits per heavy atom. The molecule has 0 saturated carbocycles. The number of anilines is 1. The van der Waals surface area contributed by atoms with Crippen LogP contribution in [0.3, 0.4) is 0 Å². The smallest absolute Gasteiger partial charge is 0.346 e. The van der Waals surface area contributed by atoms with Gasteiger partial charge in [-0.2, -0.15) is 8.42 Å². The number of carbonyl (C=O) groups is 2. The van der Waals surface area contributed by atoms with Crippen molar-refractivity contribution in [3.05, 3.63) is 35.4 Å². The third kappa shape index (κ3) is 1.59. The van der Waals surface area contributed by atoms with E-state index in [1.54, 1.807) is 0 Å². The van der Waals surface area contributed by atoms with Crippen LogP contribution in [0.1, 0.15) is 20.7 Å². The lowest BCUT2D eigenvalue weighted by molar-refractivity contribution is 0.0391. The van der Waals surface area contributed by atoms with Gasteiger partial charge in [0.15, 0.2) is 0 Å². The van der Waals surface area contributed by atoms with E-state index in [4.69, 9.17) is 10.3 Å². The number of rotatable bonds is 1. The van der Waals surface area contributed by atoms with Gasteiger partial charge in [0.05, 0.1) is 16.8 Å². The third-order valence-corrected chi connectivity index (χ3v) is 3.96. The molecule has 0 aliphatic carbocycles. The van der Waals surface area contributed by atoms with E-state index in [-0.39, 0.29) is 27.6 Å². The molecule has 0 aromatic heterocycles. The molecule has 3 rings (SSSR count). The van der Waals surface area contributed by atoms with E-state index in [1.165, 1.54) is 18.2 Å². The highest BCUT2D eigenvalue weighted by Gasteiger charge is 2.31. The van der Waals surface area contributed by atoms with Crippen LogP contribution >= 0.6 is 0 Å². The Labute approximate surface area is 112 Å². The molecule has 102 valence electrons. The molecular formula is C12H7NO6S. The zero-order valence-corrected chi connectivity index (χ0v) is 10.6. The van der Waals surface area contributed by atoms with Crippen molar-refractivity contribution in [2.45, 2.75) is 4.90 Å². The first-order valence-corrected chi connectivity index (χ1v) is 6.84. The average molecular weight is 293 g/mol. The van der Waals surface area contributed by atoms with Crippen molar-refractivity contribution < 1.29 is 27.3 Å². The van der Waals surface area contributed by atoms with Gasteiger partial charge in [-0.3, -0.25) is 4.55 Å². The van der Waals surface area contributed by atoms with Gasteiger partial charge in [0.2, 0.25) is 0 Å². The van der Waals surface area contributed by atoms with E-state index >= 15 is 0 Å². The van der Waals surface area contributed by atoms with Crippen molar-refractivity contribution in [2.24, 2.45) is 0 Å². The van der Waals surface area contributed by atoms with Gasteiger partial charge in [-0.15, -0.1) is 0 Å². The average Bonchev–Trinajstić information content (AvgIpc) is 2.35. The molecule has 0 spiro atoms. The molecule has 0 saturated heterocycles. The SMILES string of the molecule is Nc1c(S(=O)(=O)O)cc2c3c(cccc13)C(=O)OC2=O. The fraction of sp³-hybridized carbons (Fsp3) is 0. The Kier molecular flexibility index (Phi) is 2.38. The van der Waals surface area contributed by atoms with Crippen molar-refractivity contribution in [3.8, 4) is 0 Å². The Balaban J connectivity index is 2.58. The third-order valence-electron chi connectivity index (χ3n) is 3.07. The van der Waals surface area contributed by atoms with Crippen molar-refractivity contribution in [2.75, 3.05) is 5.73 Å². The highest BCUT2D eigenvalue weighted by Crippen LogP contribution is 2.36. The van der Waals surface area contributed by atoms with Crippen LogP contribution in [0.2, 0.25) is 0 Å². The highest BCUT2D eigenvalue weighted by atomic mass is 32.2. The van der Waals surface area contributed by atoms with Crippen LogP contribution in [0.5, 0.6) is 0 Å². The van der Waals surface area contributed by atoms with Crippen molar-refractivity contribution in [1.29, 1.82) is 0 Å². The maximum absolute atomic E-state index is 11.7. The van der Waals surface area contributed by atoms with Crippen LogP contribution in [-0.2, 0) is 14.9 Å². The van der Waals surface area contributed by atoms with Gasteiger partial charge in [-0.1, -0.05) is 12.1 Å². The first-order chi connectivity index (χ1) is 9.30. The summed E-state index contributed by atoms with van der Waals surface area (Å²) in [7, 11) is -4.60. The number of nitrogen functional groups attached to an aromatic ring is 1. The second kappa shape index (κ2) is 3.78. The normalized spacial score (nSPS) is 14.4. The molecular weight excluding hydrogens is 286 g/mol. The second-order valence-electron chi connectivity index (χ2n) is 4.22. The van der Waals surface area contributed by atoms with Gasteiger partial charge < -0.3 is 10.5 Å². The fourth-order valence-electron chi connectivity index (χ4n) is 2.22. The van der Waals surface area contributed by atoms with Crippen LogP contribution in [0.15, 0.2) is 29.2 Å². The van der Waals surface area contributed by atoms with Gasteiger partial charge in [-0.05, 0) is 12.1 Å². The molecule has 0 amide bonds. The molecule has 0 atom stereocenters. The van der Waals surface area contributed by atoms with Gasteiger partial charge in [0.1, 0.15) is 4.90 Å². The largest absolute Gasteiger partial charge is 0.397 e. The molecule has 20 heavy (non-hydrogen) atoms. The summed E-state index contributed by atoms with van der Waals surface area (Å²) < 4.78 is 36.3. The summed E-state index contributed by atoms with van der Waals surface area (Å²) >= 11 is 0. The predicted molar refractivity (Wildman–Crippen MR) is 67.9 cm³/mol. The number of benzene rings is 2. The van der Waals surface area contributed by atoms with Gasteiger partial charge in [0, 0.05) is 10.8 Å². The zero-order valence-electron chi connectivity index (χ0n) is 9.78. The van der Waals surface area contributed by atoms with Crippen molar-refractivity contribution in [1.82, 2.24) is 0 Å². The molecule has 3 N–H and O–H groups in total. The van der Waals surface area contributed by atoms with Gasteiger partial charge >= 0.3 is 11.9 Å². The first kappa shape index (κ1) is 12.6. The Morgan fingerprint density at radius 2 is 1.75 bits per heavy atom. The van der Waals surface area contributed by atoms with E-state index in [0.29, 0.717) is 0 Å². The number of esters is 2. The van der Waals surface area contributed by atoms with Crippen molar-refractivity contribution >= 4 is 38.5 Å². The summed E-state index contributed by atoms with van der Waals surface area (Å²) in [4.78, 5) is 22.7. The van der Waals surface area contributed by atoms with E-state index in [0.717, 1.165) is 6.07 Å². The Morgan fingerprint density at radius 3 is 2.40 bits per heavy atom. The van der Waals surface area contributed by atoms with Crippen LogP contribution in [-0.4, -0.2) is 24.9 Å². The predicted octanol–water partition coefficient (Wildman–Crippen LogP) is 0.979. The molecule has 2 aromatic carbocycles. The topological polar surface area (TPSA) is 124 Å². The number of hydrogen-bond acceptors (Lipinski definition) is 6. The van der Waals surface area contributed by atoms with E-state index in [9.17, 15) is 18.0 Å². The number of carbonyl (C=O) groups excluding carboxylic acids is 2. The maximum atomic E-state index is 11.7.